The molecule has 0 aromatic heterocycles. The summed E-state index contributed by atoms with van der Waals surface area (Å²) in [6, 6.07) is 20.7. The highest BCUT2D eigenvalue weighted by Crippen LogP contribution is 2.34. The van der Waals surface area contributed by atoms with Crippen LogP contribution in [0.5, 0.6) is 0 Å². The van der Waals surface area contributed by atoms with Crippen LogP contribution in [0.4, 0.5) is 21.5 Å². The van der Waals surface area contributed by atoms with Crippen molar-refractivity contribution in [1.29, 1.82) is 0 Å². The number of amides is 2. The first-order valence-electron chi connectivity index (χ1n) is 11.6. The van der Waals surface area contributed by atoms with E-state index in [1.165, 1.54) is 29.2 Å². The Kier molecular flexibility index (Phi) is 6.77. The summed E-state index contributed by atoms with van der Waals surface area (Å²) in [7, 11) is 0. The maximum atomic E-state index is 13.6. The molecule has 0 aliphatic carbocycles. The molecule has 0 fully saturated rings. The number of anilines is 3. The second-order valence-corrected chi connectivity index (χ2v) is 8.07. The third kappa shape index (κ3) is 4.44. The molecule has 1 heterocycles. The lowest BCUT2D eigenvalue weighted by Crippen LogP contribution is -2.32. The molecule has 34 heavy (non-hydrogen) atoms. The number of imide groups is 1. The van der Waals surface area contributed by atoms with Crippen LogP contribution in [-0.2, 0) is 16.0 Å². The van der Waals surface area contributed by atoms with Gasteiger partial charge in [0.1, 0.15) is 11.5 Å². The van der Waals surface area contributed by atoms with Crippen molar-refractivity contribution in [3.63, 3.8) is 0 Å². The predicted octanol–water partition coefficient (Wildman–Crippen LogP) is 5.63. The number of carbonyl (C=O) groups is 2. The zero-order valence-electron chi connectivity index (χ0n) is 19.6. The topological polar surface area (TPSA) is 52.7 Å². The van der Waals surface area contributed by atoms with Crippen LogP contribution in [0.2, 0.25) is 0 Å². The fourth-order valence-electron chi connectivity index (χ4n) is 4.13. The average Bonchev–Trinajstić information content (AvgIpc) is 3.10. The average molecular weight is 458 g/mol. The van der Waals surface area contributed by atoms with E-state index in [2.05, 4.69) is 24.1 Å². The van der Waals surface area contributed by atoms with Crippen LogP contribution in [0.15, 0.2) is 78.5 Å². The van der Waals surface area contributed by atoms with E-state index in [1.54, 1.807) is 12.1 Å². The Hall–Kier alpha value is -3.93. The van der Waals surface area contributed by atoms with Crippen molar-refractivity contribution in [3.8, 4) is 0 Å². The summed E-state index contributed by atoms with van der Waals surface area (Å²) in [4.78, 5) is 30.4. The molecule has 1 aliphatic rings. The molecule has 5 nitrogen and oxygen atoms in total. The van der Waals surface area contributed by atoms with E-state index in [0.717, 1.165) is 30.8 Å². The Morgan fingerprint density at radius 2 is 1.41 bits per heavy atom. The Morgan fingerprint density at radius 3 is 1.97 bits per heavy atom. The minimum Gasteiger partial charge on any atom is -0.372 e. The summed E-state index contributed by atoms with van der Waals surface area (Å²) in [5.41, 5.74) is 4.25. The minimum absolute atomic E-state index is 0.173. The van der Waals surface area contributed by atoms with Crippen LogP contribution in [0, 0.1) is 5.82 Å². The highest BCUT2D eigenvalue weighted by atomic mass is 19.1. The van der Waals surface area contributed by atoms with E-state index >= 15 is 0 Å². The smallest absolute Gasteiger partial charge is 0.282 e. The van der Waals surface area contributed by atoms with Crippen molar-refractivity contribution < 1.29 is 14.0 Å². The van der Waals surface area contributed by atoms with Crippen molar-refractivity contribution in [3.05, 3.63) is 95.4 Å². The van der Waals surface area contributed by atoms with Gasteiger partial charge in [-0.05, 0) is 79.9 Å². The van der Waals surface area contributed by atoms with Crippen LogP contribution < -0.4 is 15.1 Å². The van der Waals surface area contributed by atoms with Crippen molar-refractivity contribution >= 4 is 34.4 Å². The van der Waals surface area contributed by atoms with Crippen LogP contribution in [0.25, 0.3) is 5.57 Å². The molecule has 0 spiro atoms. The van der Waals surface area contributed by atoms with Crippen molar-refractivity contribution in [1.82, 2.24) is 0 Å². The lowest BCUT2D eigenvalue weighted by Gasteiger charge is -2.21. The molecule has 4 rings (SSSR count). The standard InChI is InChI=1S/C28H28FN3O2/c1-4-19-7-15-24(16-8-19)32-27(33)25(20-9-11-21(29)12-10-20)26(28(32)34)30-22-13-17-23(18-14-22)31(5-2)6-3/h7-18,30H,4-6H2,1-3H3. The SMILES string of the molecule is CCc1ccc(N2C(=O)C(Nc3ccc(N(CC)CC)cc3)=C(c3ccc(F)cc3)C2=O)cc1. The molecule has 0 saturated carbocycles. The summed E-state index contributed by atoms with van der Waals surface area (Å²) in [6.45, 7) is 8.02. The maximum absolute atomic E-state index is 13.6. The van der Waals surface area contributed by atoms with E-state index in [0.29, 0.717) is 16.9 Å². The summed E-state index contributed by atoms with van der Waals surface area (Å²) in [5.74, 6) is -1.29. The van der Waals surface area contributed by atoms with Crippen LogP contribution in [0.1, 0.15) is 31.9 Å². The predicted molar refractivity (Wildman–Crippen MR) is 135 cm³/mol. The van der Waals surface area contributed by atoms with Gasteiger partial charge in [0.05, 0.1) is 11.3 Å². The molecule has 1 aliphatic heterocycles. The lowest BCUT2D eigenvalue weighted by atomic mass is 10.0. The number of aryl methyl sites for hydroxylation is 1. The van der Waals surface area contributed by atoms with E-state index in [4.69, 9.17) is 0 Å². The third-order valence-corrected chi connectivity index (χ3v) is 6.08. The Morgan fingerprint density at radius 1 is 0.794 bits per heavy atom. The molecule has 0 atom stereocenters. The molecule has 0 saturated heterocycles. The number of benzene rings is 3. The normalized spacial score (nSPS) is 13.6. The highest BCUT2D eigenvalue weighted by molar-refractivity contribution is 6.46. The second-order valence-electron chi connectivity index (χ2n) is 8.07. The van der Waals surface area contributed by atoms with E-state index < -0.39 is 17.6 Å². The largest absolute Gasteiger partial charge is 0.372 e. The van der Waals surface area contributed by atoms with Gasteiger partial charge in [-0.25, -0.2) is 9.29 Å². The van der Waals surface area contributed by atoms with Gasteiger partial charge in [0.15, 0.2) is 0 Å². The van der Waals surface area contributed by atoms with Gasteiger partial charge in [-0.3, -0.25) is 9.59 Å². The first-order chi connectivity index (χ1) is 16.5. The fourth-order valence-corrected chi connectivity index (χ4v) is 4.13. The van der Waals surface area contributed by atoms with Gasteiger partial charge in [-0.2, -0.15) is 0 Å². The zero-order chi connectivity index (χ0) is 24.2. The van der Waals surface area contributed by atoms with Crippen LogP contribution >= 0.6 is 0 Å². The summed E-state index contributed by atoms with van der Waals surface area (Å²) in [6.07, 6.45) is 0.859. The van der Waals surface area contributed by atoms with E-state index in [-0.39, 0.29) is 11.3 Å². The highest BCUT2D eigenvalue weighted by Gasteiger charge is 2.40. The van der Waals surface area contributed by atoms with Gasteiger partial charge in [0.25, 0.3) is 11.8 Å². The molecule has 1 N–H and O–H groups in total. The summed E-state index contributed by atoms with van der Waals surface area (Å²) < 4.78 is 13.6. The van der Waals surface area contributed by atoms with E-state index in [9.17, 15) is 14.0 Å². The number of rotatable bonds is 8. The quantitative estimate of drug-likeness (QED) is 0.446. The minimum atomic E-state index is -0.443. The number of hydrogen-bond acceptors (Lipinski definition) is 4. The second kappa shape index (κ2) is 9.91. The Bertz CT molecular complexity index is 1210. The molecule has 0 radical (unpaired) electrons. The van der Waals surface area contributed by atoms with Gasteiger partial charge in [-0.15, -0.1) is 0 Å². The van der Waals surface area contributed by atoms with Gasteiger partial charge in [0, 0.05) is 24.5 Å². The fraction of sp³-hybridized carbons (Fsp3) is 0.214. The monoisotopic (exact) mass is 457 g/mol. The maximum Gasteiger partial charge on any atom is 0.282 e. The molecule has 174 valence electrons. The molecule has 6 heteroatoms. The molecule has 0 unspecified atom stereocenters. The zero-order valence-corrected chi connectivity index (χ0v) is 19.6. The van der Waals surface area contributed by atoms with Gasteiger partial charge in [-0.1, -0.05) is 31.2 Å². The van der Waals surface area contributed by atoms with Gasteiger partial charge >= 0.3 is 0 Å². The first-order valence-corrected chi connectivity index (χ1v) is 11.6. The number of halogens is 1. The third-order valence-electron chi connectivity index (χ3n) is 6.08. The molecule has 3 aromatic carbocycles. The molecular weight excluding hydrogens is 429 g/mol. The lowest BCUT2D eigenvalue weighted by molar-refractivity contribution is -0.120. The molecule has 0 bridgehead atoms. The number of hydrogen-bond donors (Lipinski definition) is 1. The molecular formula is C28H28FN3O2. The first kappa shape index (κ1) is 23.2. The van der Waals surface area contributed by atoms with Crippen molar-refractivity contribution in [2.24, 2.45) is 0 Å². The van der Waals surface area contributed by atoms with Crippen molar-refractivity contribution in [2.45, 2.75) is 27.2 Å². The molecule has 3 aromatic rings. The molecule has 2 amide bonds. The van der Waals surface area contributed by atoms with Gasteiger partial charge in [0.2, 0.25) is 0 Å². The van der Waals surface area contributed by atoms with Crippen LogP contribution in [0.3, 0.4) is 0 Å². The number of nitrogens with zero attached hydrogens (tertiary/aromatic N) is 2. The number of nitrogens with one attached hydrogen (secondary N) is 1. The van der Waals surface area contributed by atoms with Crippen molar-refractivity contribution in [2.75, 3.05) is 28.2 Å². The number of carbonyl (C=O) groups excluding carboxylic acids is 2. The van der Waals surface area contributed by atoms with Gasteiger partial charge < -0.3 is 10.2 Å². The van der Waals surface area contributed by atoms with Crippen LogP contribution in [-0.4, -0.2) is 24.9 Å². The summed E-state index contributed by atoms with van der Waals surface area (Å²) >= 11 is 0. The Balaban J connectivity index is 1.72. The Labute approximate surface area is 199 Å². The summed E-state index contributed by atoms with van der Waals surface area (Å²) in [5, 5.41) is 3.16. The van der Waals surface area contributed by atoms with E-state index in [1.807, 2.05) is 43.3 Å².